The largest absolute Gasteiger partial charge is 0.472 e. The van der Waals surface area contributed by atoms with Gasteiger partial charge in [0.1, 0.15) is 11.7 Å². The van der Waals surface area contributed by atoms with E-state index in [2.05, 4.69) is 13.8 Å². The average molecular weight is 262 g/mol. The third-order valence-electron chi connectivity index (χ3n) is 5.48. The molecule has 1 aromatic heterocycles. The average Bonchev–Trinajstić information content (AvgIpc) is 2.94. The number of hydrogen-bond donors (Lipinski definition) is 0. The molecule has 2 saturated heterocycles. The van der Waals surface area contributed by atoms with Gasteiger partial charge in [-0.1, -0.05) is 20.3 Å². The minimum atomic E-state index is -0.351. The van der Waals surface area contributed by atoms with Crippen molar-refractivity contribution >= 4 is 5.97 Å². The molecule has 5 atom stereocenters. The van der Waals surface area contributed by atoms with E-state index in [1.165, 1.54) is 0 Å². The molecule has 3 heterocycles. The summed E-state index contributed by atoms with van der Waals surface area (Å²) in [6, 6.07) is 1.89. The van der Waals surface area contributed by atoms with Gasteiger partial charge < -0.3 is 13.9 Å². The molecule has 1 spiro atoms. The number of cyclic esters (lactones) is 1. The number of carbonyl (C=O) groups is 1. The zero-order chi connectivity index (χ0) is 13.3. The van der Waals surface area contributed by atoms with Crippen molar-refractivity contribution in [2.24, 2.45) is 11.3 Å². The Labute approximate surface area is 112 Å². The number of carbonyl (C=O) groups excluding carboxylic acids is 1. The van der Waals surface area contributed by atoms with Crippen LogP contribution in [0.4, 0.5) is 0 Å². The van der Waals surface area contributed by atoms with Crippen LogP contribution < -0.4 is 0 Å². The van der Waals surface area contributed by atoms with Crippen LogP contribution >= 0.6 is 0 Å². The van der Waals surface area contributed by atoms with Crippen LogP contribution in [-0.4, -0.2) is 17.7 Å². The van der Waals surface area contributed by atoms with E-state index in [1.54, 1.807) is 12.5 Å². The summed E-state index contributed by atoms with van der Waals surface area (Å²) < 4.78 is 16.8. The minimum absolute atomic E-state index is 0.146. The van der Waals surface area contributed by atoms with Gasteiger partial charge in [-0.25, -0.2) is 4.79 Å². The van der Waals surface area contributed by atoms with Gasteiger partial charge in [-0.15, -0.1) is 0 Å². The van der Waals surface area contributed by atoms with Crippen molar-refractivity contribution in [3.8, 4) is 0 Å². The second kappa shape index (κ2) is 3.42. The highest BCUT2D eigenvalue weighted by atomic mass is 16.7. The summed E-state index contributed by atoms with van der Waals surface area (Å²) in [5, 5.41) is 0. The molecule has 1 aromatic rings. The van der Waals surface area contributed by atoms with Crippen molar-refractivity contribution in [2.75, 3.05) is 0 Å². The van der Waals surface area contributed by atoms with E-state index in [4.69, 9.17) is 13.9 Å². The molecule has 3 aliphatic rings. The third kappa shape index (κ3) is 1.21. The Kier molecular flexibility index (Phi) is 2.08. The maximum Gasteiger partial charge on any atom is 0.339 e. The predicted octanol–water partition coefficient (Wildman–Crippen LogP) is 2.84. The topological polar surface area (TPSA) is 52.0 Å². The molecule has 102 valence electrons. The zero-order valence-electron chi connectivity index (χ0n) is 11.2. The lowest BCUT2D eigenvalue weighted by molar-refractivity contribution is -0.172. The molecule has 1 aliphatic carbocycles. The molecule has 19 heavy (non-hydrogen) atoms. The van der Waals surface area contributed by atoms with Crippen molar-refractivity contribution in [1.82, 2.24) is 0 Å². The van der Waals surface area contributed by atoms with Crippen LogP contribution in [0.1, 0.15) is 44.8 Å². The van der Waals surface area contributed by atoms with Gasteiger partial charge in [-0.05, 0) is 24.8 Å². The van der Waals surface area contributed by atoms with Crippen LogP contribution in [0.25, 0.3) is 0 Å². The monoisotopic (exact) mass is 262 g/mol. The van der Waals surface area contributed by atoms with Gasteiger partial charge in [0.05, 0.1) is 12.5 Å². The number of ether oxygens (including phenoxy) is 2. The second-order valence-corrected chi connectivity index (χ2v) is 6.38. The van der Waals surface area contributed by atoms with Crippen LogP contribution in [0, 0.1) is 11.3 Å². The standard InChI is InChI=1S/C15H18O4/c1-9-4-3-6-14(2)11(10-5-7-17-8-10)18-13(16)12-15(9,14)19-12/h5,7-9,11-12H,3-4,6H2,1-2H3/t9-,11+,12-,14+,15-/m1/s1. The van der Waals surface area contributed by atoms with E-state index in [-0.39, 0.29) is 29.2 Å². The fourth-order valence-electron chi connectivity index (χ4n) is 4.45. The van der Waals surface area contributed by atoms with E-state index < -0.39 is 0 Å². The highest BCUT2D eigenvalue weighted by Crippen LogP contribution is 2.68. The lowest BCUT2D eigenvalue weighted by Gasteiger charge is -2.49. The Bertz CT molecular complexity index is 522. The Morgan fingerprint density at radius 3 is 2.95 bits per heavy atom. The number of hydrogen-bond acceptors (Lipinski definition) is 4. The summed E-state index contributed by atoms with van der Waals surface area (Å²) >= 11 is 0. The van der Waals surface area contributed by atoms with Crippen molar-refractivity contribution in [2.45, 2.75) is 50.9 Å². The molecule has 0 N–H and O–H groups in total. The maximum atomic E-state index is 12.1. The normalized spacial score (nSPS) is 48.1. The highest BCUT2D eigenvalue weighted by Gasteiger charge is 2.78. The molecule has 1 saturated carbocycles. The molecule has 4 heteroatoms. The molecule has 0 amide bonds. The Balaban J connectivity index is 1.82. The third-order valence-corrected chi connectivity index (χ3v) is 5.48. The van der Waals surface area contributed by atoms with E-state index >= 15 is 0 Å². The smallest absolute Gasteiger partial charge is 0.339 e. The van der Waals surface area contributed by atoms with Crippen molar-refractivity contribution in [1.29, 1.82) is 0 Å². The van der Waals surface area contributed by atoms with Crippen molar-refractivity contribution < 1.29 is 18.7 Å². The molecule has 0 unspecified atom stereocenters. The molecule has 0 radical (unpaired) electrons. The second-order valence-electron chi connectivity index (χ2n) is 6.38. The van der Waals surface area contributed by atoms with Gasteiger partial charge in [0, 0.05) is 11.0 Å². The van der Waals surface area contributed by atoms with Crippen LogP contribution in [0.3, 0.4) is 0 Å². The lowest BCUT2D eigenvalue weighted by Crippen LogP contribution is -2.55. The van der Waals surface area contributed by atoms with E-state index in [0.29, 0.717) is 5.92 Å². The van der Waals surface area contributed by atoms with E-state index in [1.807, 2.05) is 6.07 Å². The van der Waals surface area contributed by atoms with Crippen molar-refractivity contribution in [3.63, 3.8) is 0 Å². The van der Waals surface area contributed by atoms with Crippen LogP contribution in [-0.2, 0) is 14.3 Å². The number of epoxide rings is 1. The SMILES string of the molecule is C[C@@H]1CCC[C@@]2(C)[C@H](c3ccoc3)OC(=O)[C@H]3O[C@]132. The minimum Gasteiger partial charge on any atom is -0.472 e. The van der Waals surface area contributed by atoms with Gasteiger partial charge >= 0.3 is 5.97 Å². The molecule has 3 fully saturated rings. The maximum absolute atomic E-state index is 12.1. The van der Waals surface area contributed by atoms with Gasteiger partial charge in [-0.2, -0.15) is 0 Å². The molecule has 0 aromatic carbocycles. The molecule has 4 nitrogen and oxygen atoms in total. The van der Waals surface area contributed by atoms with Crippen LogP contribution in [0.2, 0.25) is 0 Å². The molecular formula is C15H18O4. The number of furan rings is 1. The Hall–Kier alpha value is -1.29. The molecule has 2 aliphatic heterocycles. The van der Waals surface area contributed by atoms with Crippen LogP contribution in [0.15, 0.2) is 23.0 Å². The Morgan fingerprint density at radius 2 is 2.21 bits per heavy atom. The zero-order valence-corrected chi connectivity index (χ0v) is 11.2. The van der Waals surface area contributed by atoms with E-state index in [0.717, 1.165) is 24.8 Å². The lowest BCUT2D eigenvalue weighted by atomic mass is 9.57. The fraction of sp³-hybridized carbons (Fsp3) is 0.667. The summed E-state index contributed by atoms with van der Waals surface area (Å²) in [5.74, 6) is 0.191. The first kappa shape index (κ1) is 11.5. The van der Waals surface area contributed by atoms with Crippen molar-refractivity contribution in [3.05, 3.63) is 24.2 Å². The number of esters is 1. The molecule has 0 bridgehead atoms. The Morgan fingerprint density at radius 1 is 1.37 bits per heavy atom. The van der Waals surface area contributed by atoms with E-state index in [9.17, 15) is 4.79 Å². The summed E-state index contributed by atoms with van der Waals surface area (Å²) in [4.78, 5) is 12.1. The summed E-state index contributed by atoms with van der Waals surface area (Å²) in [5.41, 5.74) is 0.480. The quantitative estimate of drug-likeness (QED) is 0.577. The number of rotatable bonds is 1. The summed E-state index contributed by atoms with van der Waals surface area (Å²) in [7, 11) is 0. The summed E-state index contributed by atoms with van der Waals surface area (Å²) in [6.45, 7) is 4.40. The first-order valence-electron chi connectivity index (χ1n) is 7.00. The van der Waals surface area contributed by atoms with Gasteiger partial charge in [0.25, 0.3) is 0 Å². The highest BCUT2D eigenvalue weighted by molar-refractivity contribution is 5.82. The predicted molar refractivity (Wildman–Crippen MR) is 66.3 cm³/mol. The first-order chi connectivity index (χ1) is 9.09. The summed E-state index contributed by atoms with van der Waals surface area (Å²) in [6.07, 6.45) is 6.01. The fourth-order valence-corrected chi connectivity index (χ4v) is 4.45. The van der Waals surface area contributed by atoms with Gasteiger partial charge in [0.2, 0.25) is 0 Å². The van der Waals surface area contributed by atoms with Gasteiger partial charge in [-0.3, -0.25) is 0 Å². The van der Waals surface area contributed by atoms with Crippen LogP contribution in [0.5, 0.6) is 0 Å². The first-order valence-corrected chi connectivity index (χ1v) is 7.00. The molecular weight excluding hydrogens is 244 g/mol. The molecule has 4 rings (SSSR count). The van der Waals surface area contributed by atoms with Gasteiger partial charge in [0.15, 0.2) is 6.10 Å².